The molecule has 148 valence electrons. The van der Waals surface area contributed by atoms with E-state index in [1.807, 2.05) is 0 Å². The molecular weight excluding hydrogens is 388 g/mol. The van der Waals surface area contributed by atoms with E-state index in [4.69, 9.17) is 17.0 Å². The van der Waals surface area contributed by atoms with Crippen molar-refractivity contribution in [2.45, 2.75) is 44.1 Å². The Morgan fingerprint density at radius 3 is 2.59 bits per heavy atom. The van der Waals surface area contributed by atoms with Crippen LogP contribution >= 0.6 is 24.0 Å². The van der Waals surface area contributed by atoms with Crippen LogP contribution in [0, 0.1) is 17.3 Å². The Labute approximate surface area is 167 Å². The minimum absolute atomic E-state index is 0.0505. The van der Waals surface area contributed by atoms with Crippen LogP contribution in [0.15, 0.2) is 0 Å². The fourth-order valence-electron chi connectivity index (χ4n) is 5.69. The van der Waals surface area contributed by atoms with E-state index in [1.165, 1.54) is 16.7 Å². The largest absolute Gasteiger partial charge is 0.455 e. The van der Waals surface area contributed by atoms with Crippen molar-refractivity contribution in [1.29, 1.82) is 0 Å². The van der Waals surface area contributed by atoms with E-state index in [2.05, 4.69) is 5.32 Å². The lowest BCUT2D eigenvalue weighted by Crippen LogP contribution is -2.58. The Balaban J connectivity index is 1.24. The molecule has 1 aliphatic heterocycles. The van der Waals surface area contributed by atoms with Crippen molar-refractivity contribution < 1.29 is 24.2 Å². The maximum absolute atomic E-state index is 12.7. The number of carbonyl (C=O) groups excluding carboxylic acids is 3. The molecule has 0 aromatic rings. The zero-order valence-corrected chi connectivity index (χ0v) is 16.7. The standard InChI is InChI=1S/C18H24N2O5S2/c21-13(19-1-2-20-14(22)9-27-16(20)26)8-25-15(23)17-4-11-3-12(5-17)7-18(24,6-11)10-17/h11-12,24H,1-10H2,(H,19,21)/t11-,12-,17?,18?/m0/s1. The SMILES string of the molecule is O=C(COC(=O)C12C[C@@H]3C[C@H](CC(O)(C3)C1)C2)NCCN1C(=O)CSC1=S. The first-order chi connectivity index (χ1) is 12.8. The van der Waals surface area contributed by atoms with Gasteiger partial charge in [0.2, 0.25) is 5.91 Å². The number of nitrogens with zero attached hydrogens (tertiary/aromatic N) is 1. The summed E-state index contributed by atoms with van der Waals surface area (Å²) in [6.07, 6.45) is 4.65. The van der Waals surface area contributed by atoms with Crippen LogP contribution in [-0.4, -0.2) is 63.2 Å². The summed E-state index contributed by atoms with van der Waals surface area (Å²) in [5, 5.41) is 13.4. The molecule has 0 unspecified atom stereocenters. The lowest BCUT2D eigenvalue weighted by atomic mass is 9.48. The van der Waals surface area contributed by atoms with Gasteiger partial charge < -0.3 is 15.2 Å². The topological polar surface area (TPSA) is 95.9 Å². The quantitative estimate of drug-likeness (QED) is 0.493. The van der Waals surface area contributed by atoms with Crippen molar-refractivity contribution >= 4 is 46.1 Å². The van der Waals surface area contributed by atoms with Gasteiger partial charge in [0, 0.05) is 13.1 Å². The van der Waals surface area contributed by atoms with Crippen molar-refractivity contribution in [3.05, 3.63) is 0 Å². The van der Waals surface area contributed by atoms with Crippen LogP contribution in [0.5, 0.6) is 0 Å². The highest BCUT2D eigenvalue weighted by Crippen LogP contribution is 2.61. The van der Waals surface area contributed by atoms with Crippen LogP contribution in [0.2, 0.25) is 0 Å². The Bertz CT molecular complexity index is 667. The van der Waals surface area contributed by atoms with Gasteiger partial charge in [0.25, 0.3) is 5.91 Å². The molecule has 2 N–H and O–H groups in total. The molecule has 0 aromatic heterocycles. The average Bonchev–Trinajstić information content (AvgIpc) is 2.89. The molecule has 5 aliphatic rings. The van der Waals surface area contributed by atoms with Crippen LogP contribution in [0.25, 0.3) is 0 Å². The van der Waals surface area contributed by atoms with Gasteiger partial charge in [-0.05, 0) is 50.4 Å². The van der Waals surface area contributed by atoms with Gasteiger partial charge in [-0.2, -0.15) is 0 Å². The number of thioether (sulfide) groups is 1. The third-order valence-corrected chi connectivity index (χ3v) is 7.73. The smallest absolute Gasteiger partial charge is 0.312 e. The lowest BCUT2D eigenvalue weighted by Gasteiger charge is -2.58. The fourth-order valence-corrected chi connectivity index (χ4v) is 6.81. The minimum Gasteiger partial charge on any atom is -0.455 e. The number of ether oxygens (including phenoxy) is 1. The highest BCUT2D eigenvalue weighted by atomic mass is 32.2. The molecule has 4 aliphatic carbocycles. The predicted molar refractivity (Wildman–Crippen MR) is 103 cm³/mol. The Morgan fingerprint density at radius 2 is 2.00 bits per heavy atom. The molecule has 4 saturated carbocycles. The van der Waals surface area contributed by atoms with E-state index >= 15 is 0 Å². The summed E-state index contributed by atoms with van der Waals surface area (Å²) in [7, 11) is 0. The third kappa shape index (κ3) is 3.73. The zero-order valence-electron chi connectivity index (χ0n) is 15.1. The number of amides is 2. The number of carbonyl (C=O) groups is 3. The van der Waals surface area contributed by atoms with Crippen molar-refractivity contribution in [2.24, 2.45) is 17.3 Å². The summed E-state index contributed by atoms with van der Waals surface area (Å²) >= 11 is 6.40. The summed E-state index contributed by atoms with van der Waals surface area (Å²) in [4.78, 5) is 37.8. The molecule has 0 radical (unpaired) electrons. The van der Waals surface area contributed by atoms with Crippen molar-refractivity contribution in [2.75, 3.05) is 25.4 Å². The summed E-state index contributed by atoms with van der Waals surface area (Å²) in [5.41, 5.74) is -1.35. The highest BCUT2D eigenvalue weighted by molar-refractivity contribution is 8.23. The summed E-state index contributed by atoms with van der Waals surface area (Å²) in [5.74, 6) is 0.329. The predicted octanol–water partition coefficient (Wildman–Crippen LogP) is 0.837. The highest BCUT2D eigenvalue weighted by Gasteiger charge is 2.60. The second-order valence-corrected chi connectivity index (χ2v) is 10.1. The summed E-state index contributed by atoms with van der Waals surface area (Å²) < 4.78 is 5.85. The van der Waals surface area contributed by atoms with Crippen molar-refractivity contribution in [3.63, 3.8) is 0 Å². The van der Waals surface area contributed by atoms with Gasteiger partial charge in [0.15, 0.2) is 6.61 Å². The third-order valence-electron chi connectivity index (χ3n) is 6.30. The number of esters is 1. The second kappa shape index (κ2) is 7.00. The van der Waals surface area contributed by atoms with Gasteiger partial charge in [0.1, 0.15) is 4.32 Å². The van der Waals surface area contributed by atoms with E-state index in [-0.39, 0.29) is 25.0 Å². The molecule has 4 bridgehead atoms. The second-order valence-electron chi connectivity index (χ2n) is 8.49. The van der Waals surface area contributed by atoms with E-state index in [1.54, 1.807) is 0 Å². The molecule has 9 heteroatoms. The van der Waals surface area contributed by atoms with E-state index in [0.29, 0.717) is 34.9 Å². The van der Waals surface area contributed by atoms with Crippen LogP contribution in [0.3, 0.4) is 0 Å². The van der Waals surface area contributed by atoms with Crippen molar-refractivity contribution in [3.8, 4) is 0 Å². The molecule has 7 nitrogen and oxygen atoms in total. The molecule has 2 atom stereocenters. The number of aliphatic hydroxyl groups is 1. The van der Waals surface area contributed by atoms with Crippen molar-refractivity contribution in [1.82, 2.24) is 10.2 Å². The number of thiocarbonyl (C=S) groups is 1. The maximum Gasteiger partial charge on any atom is 0.312 e. The molecule has 1 heterocycles. The van der Waals surface area contributed by atoms with Crippen LogP contribution in [0.1, 0.15) is 38.5 Å². The van der Waals surface area contributed by atoms with Gasteiger partial charge >= 0.3 is 5.97 Å². The first kappa shape index (κ1) is 19.1. The zero-order chi connectivity index (χ0) is 19.2. The minimum atomic E-state index is -0.732. The van der Waals surface area contributed by atoms with Gasteiger partial charge in [-0.1, -0.05) is 24.0 Å². The van der Waals surface area contributed by atoms with Gasteiger partial charge in [-0.3, -0.25) is 19.3 Å². The number of hydrogen-bond acceptors (Lipinski definition) is 7. The molecule has 2 amide bonds. The Hall–Kier alpha value is -1.19. The van der Waals surface area contributed by atoms with Crippen LogP contribution in [-0.2, 0) is 19.1 Å². The molecule has 5 fully saturated rings. The molecule has 0 spiro atoms. The first-order valence-corrected chi connectivity index (χ1v) is 10.8. The Kier molecular flexibility index (Phi) is 4.97. The molecular formula is C18H24N2O5S2. The maximum atomic E-state index is 12.7. The van der Waals surface area contributed by atoms with E-state index in [9.17, 15) is 19.5 Å². The molecule has 0 aromatic carbocycles. The van der Waals surface area contributed by atoms with Gasteiger partial charge in [-0.15, -0.1) is 0 Å². The Morgan fingerprint density at radius 1 is 1.30 bits per heavy atom. The van der Waals surface area contributed by atoms with Gasteiger partial charge in [-0.25, -0.2) is 0 Å². The summed E-state index contributed by atoms with van der Waals surface area (Å²) in [6.45, 7) is 0.254. The normalized spacial score (nSPS) is 37.0. The van der Waals surface area contributed by atoms with Gasteiger partial charge in [0.05, 0.1) is 16.8 Å². The lowest BCUT2D eigenvalue weighted by molar-refractivity contribution is -0.196. The van der Waals surface area contributed by atoms with E-state index in [0.717, 1.165) is 32.1 Å². The van der Waals surface area contributed by atoms with E-state index < -0.39 is 16.9 Å². The number of rotatable bonds is 6. The van der Waals surface area contributed by atoms with Crippen LogP contribution < -0.4 is 5.32 Å². The summed E-state index contributed by atoms with van der Waals surface area (Å²) in [6, 6.07) is 0. The molecule has 5 rings (SSSR count). The first-order valence-electron chi connectivity index (χ1n) is 9.42. The van der Waals surface area contributed by atoms with Crippen LogP contribution in [0.4, 0.5) is 0 Å². The number of hydrogen-bond donors (Lipinski definition) is 2. The molecule has 1 saturated heterocycles. The number of nitrogens with one attached hydrogen (secondary N) is 1. The fraction of sp³-hybridized carbons (Fsp3) is 0.778. The average molecular weight is 413 g/mol. The molecule has 27 heavy (non-hydrogen) atoms. The monoisotopic (exact) mass is 412 g/mol.